The molecule has 0 spiro atoms. The van der Waals surface area contributed by atoms with Gasteiger partial charge in [0.05, 0.1) is 4.88 Å². The van der Waals surface area contributed by atoms with Crippen LogP contribution in [0.15, 0.2) is 41.8 Å². The highest BCUT2D eigenvalue weighted by molar-refractivity contribution is 7.12. The van der Waals surface area contributed by atoms with Crippen LogP contribution >= 0.6 is 11.3 Å². The van der Waals surface area contributed by atoms with Crippen LogP contribution < -0.4 is 15.6 Å². The van der Waals surface area contributed by atoms with E-state index in [0.717, 1.165) is 0 Å². The lowest BCUT2D eigenvalue weighted by atomic mass is 10.2. The van der Waals surface area contributed by atoms with Crippen LogP contribution in [0.1, 0.15) is 20.0 Å². The number of aldehydes is 1. The Hall–Kier alpha value is -3.20. The van der Waals surface area contributed by atoms with E-state index in [-0.39, 0.29) is 0 Å². The van der Waals surface area contributed by atoms with Crippen LogP contribution in [0.3, 0.4) is 0 Å². The van der Waals surface area contributed by atoms with Gasteiger partial charge in [-0.15, -0.1) is 11.3 Å². The molecule has 1 aromatic heterocycles. The number of amides is 2. The van der Waals surface area contributed by atoms with Gasteiger partial charge in [0.25, 0.3) is 11.8 Å². The molecule has 8 nitrogen and oxygen atoms in total. The van der Waals surface area contributed by atoms with E-state index < -0.39 is 31.0 Å². The molecule has 9 heteroatoms. The first-order valence-electron chi connectivity index (χ1n) is 7.05. The number of nitrogens with one attached hydrogen (secondary N) is 2. The molecule has 2 aromatic rings. The molecule has 1 heterocycles. The van der Waals surface area contributed by atoms with Crippen LogP contribution in [0.5, 0.6) is 5.75 Å². The van der Waals surface area contributed by atoms with Crippen molar-refractivity contribution in [1.29, 1.82) is 0 Å². The fraction of sp³-hybridized carbons (Fsp3) is 0.125. The summed E-state index contributed by atoms with van der Waals surface area (Å²) in [6.07, 6.45) is 0.688. The maximum absolute atomic E-state index is 11.6. The van der Waals surface area contributed by atoms with Gasteiger partial charge in [0.2, 0.25) is 0 Å². The molecular formula is C16H14N2O6S. The Bertz CT molecular complexity index is 742. The Morgan fingerprint density at radius 1 is 1.04 bits per heavy atom. The minimum absolute atomic E-state index is 0.384. The first-order chi connectivity index (χ1) is 12.1. The number of ether oxygens (including phenoxy) is 2. The lowest BCUT2D eigenvalue weighted by molar-refractivity contribution is -0.150. The molecule has 0 radical (unpaired) electrons. The third kappa shape index (κ3) is 6.07. The molecule has 0 bridgehead atoms. The summed E-state index contributed by atoms with van der Waals surface area (Å²) >= 11 is 1.22. The molecule has 0 aliphatic rings. The number of hydrogen-bond acceptors (Lipinski definition) is 7. The number of carbonyl (C=O) groups excluding carboxylic acids is 4. The van der Waals surface area contributed by atoms with Crippen LogP contribution in [-0.4, -0.2) is 37.3 Å². The van der Waals surface area contributed by atoms with Crippen molar-refractivity contribution in [3.8, 4) is 5.75 Å². The van der Waals surface area contributed by atoms with E-state index in [9.17, 15) is 19.2 Å². The van der Waals surface area contributed by atoms with Gasteiger partial charge in [-0.1, -0.05) is 6.07 Å². The van der Waals surface area contributed by atoms with Gasteiger partial charge in [-0.25, -0.2) is 4.79 Å². The number of thiophene rings is 1. The van der Waals surface area contributed by atoms with Gasteiger partial charge in [-0.3, -0.25) is 25.2 Å². The van der Waals surface area contributed by atoms with Crippen molar-refractivity contribution in [2.45, 2.75) is 0 Å². The second kappa shape index (κ2) is 9.18. The highest BCUT2D eigenvalue weighted by Crippen LogP contribution is 2.11. The average molecular weight is 362 g/mol. The van der Waals surface area contributed by atoms with Crippen molar-refractivity contribution in [2.75, 3.05) is 13.2 Å². The second-order valence-corrected chi connectivity index (χ2v) is 5.56. The molecule has 2 rings (SSSR count). The van der Waals surface area contributed by atoms with Gasteiger partial charge >= 0.3 is 5.97 Å². The van der Waals surface area contributed by atoms with Gasteiger partial charge in [-0.05, 0) is 35.7 Å². The predicted molar refractivity (Wildman–Crippen MR) is 88.2 cm³/mol. The van der Waals surface area contributed by atoms with Crippen molar-refractivity contribution in [1.82, 2.24) is 10.9 Å². The molecule has 0 fully saturated rings. The summed E-state index contributed by atoms with van der Waals surface area (Å²) < 4.78 is 9.87. The third-order valence-corrected chi connectivity index (χ3v) is 3.67. The SMILES string of the molecule is O=Cc1ccc(OCC(=O)OCC(=O)NNC(=O)c2cccs2)cc1. The van der Waals surface area contributed by atoms with Crippen molar-refractivity contribution < 1.29 is 28.7 Å². The fourth-order valence-electron chi connectivity index (χ4n) is 1.60. The maximum atomic E-state index is 11.6. The topological polar surface area (TPSA) is 111 Å². The first-order valence-corrected chi connectivity index (χ1v) is 7.93. The summed E-state index contributed by atoms with van der Waals surface area (Å²) in [5.74, 6) is -1.51. The van der Waals surface area contributed by atoms with Crippen molar-refractivity contribution >= 4 is 35.4 Å². The van der Waals surface area contributed by atoms with Gasteiger partial charge in [0, 0.05) is 5.56 Å². The highest BCUT2D eigenvalue weighted by Gasteiger charge is 2.11. The zero-order chi connectivity index (χ0) is 18.1. The minimum atomic E-state index is -0.751. The predicted octanol–water partition coefficient (Wildman–Crippen LogP) is 0.944. The number of hydrogen-bond donors (Lipinski definition) is 2. The summed E-state index contributed by atoms with van der Waals surface area (Å²) in [6, 6.07) is 9.45. The number of carbonyl (C=O) groups is 4. The van der Waals surface area contributed by atoms with E-state index in [0.29, 0.717) is 22.5 Å². The largest absolute Gasteiger partial charge is 0.482 e. The van der Waals surface area contributed by atoms with E-state index >= 15 is 0 Å². The van der Waals surface area contributed by atoms with Crippen molar-refractivity contribution in [3.63, 3.8) is 0 Å². The Labute approximate surface area is 146 Å². The first kappa shape index (κ1) is 18.1. The molecule has 25 heavy (non-hydrogen) atoms. The lowest BCUT2D eigenvalue weighted by Gasteiger charge is -2.08. The molecule has 0 aliphatic heterocycles. The summed E-state index contributed by atoms with van der Waals surface area (Å²) in [6.45, 7) is -0.952. The Kier molecular flexibility index (Phi) is 6.66. The molecule has 0 unspecified atom stereocenters. The molecule has 0 atom stereocenters. The number of rotatable bonds is 7. The van der Waals surface area contributed by atoms with E-state index in [1.807, 2.05) is 0 Å². The lowest BCUT2D eigenvalue weighted by Crippen LogP contribution is -2.43. The molecule has 0 saturated carbocycles. The van der Waals surface area contributed by atoms with Crippen molar-refractivity contribution in [3.05, 3.63) is 52.2 Å². The summed E-state index contributed by atoms with van der Waals surface area (Å²) in [5.41, 5.74) is 4.81. The summed E-state index contributed by atoms with van der Waals surface area (Å²) in [5, 5.41) is 1.73. The standard InChI is InChI=1S/C16H14N2O6S/c19-8-11-3-5-12(6-4-11)23-10-15(21)24-9-14(20)17-18-16(22)13-2-1-7-25-13/h1-8H,9-10H2,(H,17,20)(H,18,22). The molecular weight excluding hydrogens is 348 g/mol. The quantitative estimate of drug-likeness (QED) is 0.431. The molecule has 130 valence electrons. The smallest absolute Gasteiger partial charge is 0.344 e. The monoisotopic (exact) mass is 362 g/mol. The minimum Gasteiger partial charge on any atom is -0.482 e. The molecule has 2 amide bonds. The van der Waals surface area contributed by atoms with Gasteiger partial charge in [0.15, 0.2) is 13.2 Å². The number of benzene rings is 1. The third-order valence-electron chi connectivity index (χ3n) is 2.80. The highest BCUT2D eigenvalue weighted by atomic mass is 32.1. The zero-order valence-electron chi connectivity index (χ0n) is 12.9. The number of hydrazine groups is 1. The zero-order valence-corrected chi connectivity index (χ0v) is 13.7. The molecule has 1 aromatic carbocycles. The molecule has 0 aliphatic carbocycles. The van der Waals surface area contributed by atoms with Gasteiger partial charge in [0.1, 0.15) is 12.0 Å². The fourth-order valence-corrected chi connectivity index (χ4v) is 2.22. The Morgan fingerprint density at radius 3 is 2.44 bits per heavy atom. The van der Waals surface area contributed by atoms with E-state index in [1.54, 1.807) is 17.5 Å². The van der Waals surface area contributed by atoms with E-state index in [1.165, 1.54) is 35.6 Å². The second-order valence-electron chi connectivity index (χ2n) is 4.62. The summed E-state index contributed by atoms with van der Waals surface area (Å²) in [7, 11) is 0. The Balaban J connectivity index is 1.64. The van der Waals surface area contributed by atoms with Gasteiger partial charge < -0.3 is 9.47 Å². The molecule has 2 N–H and O–H groups in total. The van der Waals surface area contributed by atoms with Crippen LogP contribution in [0.25, 0.3) is 0 Å². The normalized spacial score (nSPS) is 9.76. The average Bonchev–Trinajstić information content (AvgIpc) is 3.18. The van der Waals surface area contributed by atoms with E-state index in [4.69, 9.17) is 9.47 Å². The van der Waals surface area contributed by atoms with Crippen LogP contribution in [-0.2, 0) is 14.3 Å². The van der Waals surface area contributed by atoms with Crippen molar-refractivity contribution in [2.24, 2.45) is 0 Å². The summed E-state index contributed by atoms with van der Waals surface area (Å²) in [4.78, 5) is 45.5. The van der Waals surface area contributed by atoms with Crippen LogP contribution in [0.2, 0.25) is 0 Å². The number of esters is 1. The maximum Gasteiger partial charge on any atom is 0.344 e. The van der Waals surface area contributed by atoms with Crippen LogP contribution in [0, 0.1) is 0 Å². The van der Waals surface area contributed by atoms with Gasteiger partial charge in [-0.2, -0.15) is 0 Å². The van der Waals surface area contributed by atoms with E-state index in [2.05, 4.69) is 10.9 Å². The van der Waals surface area contributed by atoms with Crippen LogP contribution in [0.4, 0.5) is 0 Å². The Morgan fingerprint density at radius 2 is 1.80 bits per heavy atom. The molecule has 0 saturated heterocycles.